The second-order valence-electron chi connectivity index (χ2n) is 9.64. The van der Waals surface area contributed by atoms with Crippen LogP contribution in [0.1, 0.15) is 67.6 Å². The normalized spacial score (nSPS) is 15.2. The number of hydrogen-bond donors (Lipinski definition) is 2. The van der Waals surface area contributed by atoms with E-state index in [9.17, 15) is 9.59 Å². The second kappa shape index (κ2) is 11.3. The Morgan fingerprint density at radius 1 is 1.00 bits per heavy atom. The standard InChI is InChI=1S/C27H37N3O3/c1-27(2,3)21-13-11-20(12-14-21)26(32)28-16-15-25(31)29-19-23(30-17-7-8-18-30)22-9-5-6-10-24(22)33-4/h5-6,9-14,23H,7-8,15-19H2,1-4H3,(H,28,32)(H,29,31)/t23-/m0/s1. The smallest absolute Gasteiger partial charge is 0.251 e. The van der Waals surface area contributed by atoms with E-state index in [1.54, 1.807) is 7.11 Å². The number of benzene rings is 2. The molecule has 1 heterocycles. The van der Waals surface area contributed by atoms with Crippen LogP contribution in [-0.4, -0.2) is 50.0 Å². The molecule has 1 aliphatic rings. The van der Waals surface area contributed by atoms with E-state index in [1.165, 1.54) is 18.4 Å². The first-order chi connectivity index (χ1) is 15.8. The highest BCUT2D eigenvalue weighted by atomic mass is 16.5. The van der Waals surface area contributed by atoms with Crippen molar-refractivity contribution < 1.29 is 14.3 Å². The van der Waals surface area contributed by atoms with Crippen molar-refractivity contribution in [1.29, 1.82) is 0 Å². The molecule has 6 nitrogen and oxygen atoms in total. The van der Waals surface area contributed by atoms with E-state index in [1.807, 2.05) is 42.5 Å². The number of rotatable bonds is 9. The van der Waals surface area contributed by atoms with Crippen LogP contribution in [-0.2, 0) is 10.2 Å². The summed E-state index contributed by atoms with van der Waals surface area (Å²) in [7, 11) is 1.68. The van der Waals surface area contributed by atoms with Crippen LogP contribution in [0.15, 0.2) is 48.5 Å². The summed E-state index contributed by atoms with van der Waals surface area (Å²) in [6.45, 7) is 9.27. The van der Waals surface area contributed by atoms with Crippen molar-refractivity contribution in [1.82, 2.24) is 15.5 Å². The lowest BCUT2D eigenvalue weighted by Gasteiger charge is -2.29. The fraction of sp³-hybridized carbons (Fsp3) is 0.481. The lowest BCUT2D eigenvalue weighted by molar-refractivity contribution is -0.121. The summed E-state index contributed by atoms with van der Waals surface area (Å²) < 4.78 is 5.56. The van der Waals surface area contributed by atoms with Gasteiger partial charge in [-0.15, -0.1) is 0 Å². The summed E-state index contributed by atoms with van der Waals surface area (Å²) >= 11 is 0. The zero-order valence-electron chi connectivity index (χ0n) is 20.3. The molecule has 0 unspecified atom stereocenters. The number of methoxy groups -OCH3 is 1. The molecule has 0 aliphatic carbocycles. The Balaban J connectivity index is 1.50. The molecule has 0 spiro atoms. The molecule has 0 radical (unpaired) electrons. The number of nitrogens with zero attached hydrogens (tertiary/aromatic N) is 1. The molecule has 1 fully saturated rings. The van der Waals surface area contributed by atoms with E-state index < -0.39 is 0 Å². The number of nitrogens with one attached hydrogen (secondary N) is 2. The van der Waals surface area contributed by atoms with Crippen LogP contribution < -0.4 is 15.4 Å². The van der Waals surface area contributed by atoms with Gasteiger partial charge in [-0.3, -0.25) is 14.5 Å². The predicted octanol–water partition coefficient (Wildman–Crippen LogP) is 4.07. The second-order valence-corrected chi connectivity index (χ2v) is 9.64. The molecule has 2 aromatic rings. The van der Waals surface area contributed by atoms with Crippen LogP contribution in [0.3, 0.4) is 0 Å². The van der Waals surface area contributed by atoms with Crippen LogP contribution in [0, 0.1) is 0 Å². The van der Waals surface area contributed by atoms with E-state index in [0.717, 1.165) is 24.4 Å². The van der Waals surface area contributed by atoms with E-state index in [2.05, 4.69) is 42.4 Å². The third kappa shape index (κ3) is 6.81. The topological polar surface area (TPSA) is 70.7 Å². The summed E-state index contributed by atoms with van der Waals surface area (Å²) in [5, 5.41) is 5.91. The number of likely N-dealkylation sites (tertiary alicyclic amines) is 1. The van der Waals surface area contributed by atoms with E-state index in [0.29, 0.717) is 18.7 Å². The number of para-hydroxylation sites is 1. The number of ether oxygens (including phenoxy) is 1. The summed E-state index contributed by atoms with van der Waals surface area (Å²) in [4.78, 5) is 27.3. The predicted molar refractivity (Wildman–Crippen MR) is 132 cm³/mol. The number of carbonyl (C=O) groups excluding carboxylic acids is 2. The van der Waals surface area contributed by atoms with Crippen molar-refractivity contribution >= 4 is 11.8 Å². The Labute approximate surface area is 197 Å². The SMILES string of the molecule is COc1ccccc1[C@H](CNC(=O)CCNC(=O)c1ccc(C(C)(C)C)cc1)N1CCCC1. The highest BCUT2D eigenvalue weighted by molar-refractivity contribution is 5.94. The Bertz CT molecular complexity index is 928. The minimum atomic E-state index is -0.160. The number of amides is 2. The Hall–Kier alpha value is -2.86. The summed E-state index contributed by atoms with van der Waals surface area (Å²) in [6.07, 6.45) is 2.58. The molecule has 1 atom stereocenters. The van der Waals surface area contributed by atoms with Crippen molar-refractivity contribution in [2.75, 3.05) is 33.3 Å². The summed E-state index contributed by atoms with van der Waals surface area (Å²) in [6, 6.07) is 15.7. The zero-order valence-corrected chi connectivity index (χ0v) is 20.3. The van der Waals surface area contributed by atoms with Crippen LogP contribution in [0.2, 0.25) is 0 Å². The Morgan fingerprint density at radius 2 is 1.67 bits per heavy atom. The van der Waals surface area contributed by atoms with Gasteiger partial charge in [-0.1, -0.05) is 51.1 Å². The van der Waals surface area contributed by atoms with Gasteiger partial charge in [0.25, 0.3) is 5.91 Å². The molecule has 1 aliphatic heterocycles. The van der Waals surface area contributed by atoms with Gasteiger partial charge in [0, 0.05) is 30.6 Å². The largest absolute Gasteiger partial charge is 0.496 e. The molecule has 178 valence electrons. The van der Waals surface area contributed by atoms with Gasteiger partial charge in [0.05, 0.1) is 13.2 Å². The number of carbonyl (C=O) groups is 2. The minimum Gasteiger partial charge on any atom is -0.496 e. The third-order valence-corrected chi connectivity index (χ3v) is 6.22. The van der Waals surface area contributed by atoms with Crippen LogP contribution in [0.5, 0.6) is 5.75 Å². The molecule has 3 rings (SSSR count). The third-order valence-electron chi connectivity index (χ3n) is 6.22. The van der Waals surface area contributed by atoms with E-state index >= 15 is 0 Å². The van der Waals surface area contributed by atoms with E-state index in [-0.39, 0.29) is 29.7 Å². The first-order valence-electron chi connectivity index (χ1n) is 11.8. The van der Waals surface area contributed by atoms with E-state index in [4.69, 9.17) is 4.74 Å². The van der Waals surface area contributed by atoms with Gasteiger partial charge in [0.1, 0.15) is 5.75 Å². The maximum atomic E-state index is 12.5. The van der Waals surface area contributed by atoms with Crippen LogP contribution in [0.25, 0.3) is 0 Å². The maximum absolute atomic E-state index is 12.5. The highest BCUT2D eigenvalue weighted by Gasteiger charge is 2.26. The molecule has 2 N–H and O–H groups in total. The van der Waals surface area contributed by atoms with Gasteiger partial charge in [0.2, 0.25) is 5.91 Å². The zero-order chi connectivity index (χ0) is 23.8. The van der Waals surface area contributed by atoms with Crippen LogP contribution >= 0.6 is 0 Å². The molecule has 0 bridgehead atoms. The van der Waals surface area contributed by atoms with Gasteiger partial charge < -0.3 is 15.4 Å². The Morgan fingerprint density at radius 3 is 2.30 bits per heavy atom. The van der Waals surface area contributed by atoms with Gasteiger partial charge in [-0.25, -0.2) is 0 Å². The molecule has 1 saturated heterocycles. The molecular weight excluding hydrogens is 414 g/mol. The van der Waals surface area contributed by atoms with Crippen LogP contribution in [0.4, 0.5) is 0 Å². The Kier molecular flexibility index (Phi) is 8.50. The average Bonchev–Trinajstić information content (AvgIpc) is 3.33. The van der Waals surface area contributed by atoms with Gasteiger partial charge in [-0.05, 0) is 55.1 Å². The number of hydrogen-bond acceptors (Lipinski definition) is 4. The molecule has 2 amide bonds. The first kappa shape index (κ1) is 24.8. The molecular formula is C27H37N3O3. The lowest BCUT2D eigenvalue weighted by atomic mass is 9.87. The fourth-order valence-corrected chi connectivity index (χ4v) is 4.24. The molecule has 6 heteroatoms. The van der Waals surface area contributed by atoms with Crippen molar-refractivity contribution in [3.05, 3.63) is 65.2 Å². The van der Waals surface area contributed by atoms with Gasteiger partial charge >= 0.3 is 0 Å². The quantitative estimate of drug-likeness (QED) is 0.603. The molecule has 0 saturated carbocycles. The average molecular weight is 452 g/mol. The highest BCUT2D eigenvalue weighted by Crippen LogP contribution is 2.31. The molecule has 2 aromatic carbocycles. The molecule has 0 aromatic heterocycles. The lowest BCUT2D eigenvalue weighted by Crippen LogP contribution is -2.38. The van der Waals surface area contributed by atoms with Gasteiger partial charge in [0.15, 0.2) is 0 Å². The monoisotopic (exact) mass is 451 g/mol. The summed E-state index contributed by atoms with van der Waals surface area (Å²) in [5.74, 6) is 0.609. The first-order valence-corrected chi connectivity index (χ1v) is 11.8. The van der Waals surface area contributed by atoms with Crippen molar-refractivity contribution in [3.63, 3.8) is 0 Å². The maximum Gasteiger partial charge on any atom is 0.251 e. The van der Waals surface area contributed by atoms with Gasteiger partial charge in [-0.2, -0.15) is 0 Å². The summed E-state index contributed by atoms with van der Waals surface area (Å²) in [5.41, 5.74) is 2.92. The van der Waals surface area contributed by atoms with Crippen molar-refractivity contribution in [2.24, 2.45) is 0 Å². The van der Waals surface area contributed by atoms with Crippen molar-refractivity contribution in [2.45, 2.75) is 51.5 Å². The molecule has 33 heavy (non-hydrogen) atoms. The fourth-order valence-electron chi connectivity index (χ4n) is 4.24. The minimum absolute atomic E-state index is 0.0454. The van der Waals surface area contributed by atoms with Crippen molar-refractivity contribution in [3.8, 4) is 5.75 Å².